The Morgan fingerprint density at radius 1 is 0.404 bits per heavy atom. The van der Waals surface area contributed by atoms with Crippen molar-refractivity contribution in [3.63, 3.8) is 0 Å². The Kier molecular flexibility index (Phi) is 6.97. The van der Waals surface area contributed by atoms with Crippen LogP contribution in [0.5, 0.6) is 0 Å². The summed E-state index contributed by atoms with van der Waals surface area (Å²) in [5.41, 5.74) is 15.8. The van der Waals surface area contributed by atoms with Gasteiger partial charge in [-0.2, -0.15) is 0 Å². The SMILES string of the molecule is Cc1cccc(C2(c3ccccc3)c3ccccc3-c3ccc(N(c4ccc(-c5ccccc5)cc4)c4ccc5oc6ccccc6c5c4)cc32)c1. The van der Waals surface area contributed by atoms with Crippen LogP contribution in [0.4, 0.5) is 17.1 Å². The molecule has 1 atom stereocenters. The number of hydrogen-bond acceptors (Lipinski definition) is 2. The van der Waals surface area contributed by atoms with Gasteiger partial charge in [0, 0.05) is 27.8 Å². The molecule has 0 spiro atoms. The van der Waals surface area contributed by atoms with Crippen LogP contribution in [0.3, 0.4) is 0 Å². The summed E-state index contributed by atoms with van der Waals surface area (Å²) < 4.78 is 6.28. The van der Waals surface area contributed by atoms with Crippen LogP contribution < -0.4 is 4.90 Å². The largest absolute Gasteiger partial charge is 0.456 e. The lowest BCUT2D eigenvalue weighted by Crippen LogP contribution is -2.29. The minimum atomic E-state index is -0.497. The molecule has 0 amide bonds. The predicted molar refractivity (Wildman–Crippen MR) is 216 cm³/mol. The molecule has 8 aromatic carbocycles. The minimum absolute atomic E-state index is 0.497. The fourth-order valence-corrected chi connectivity index (χ4v) is 8.50. The number of anilines is 3. The highest BCUT2D eigenvalue weighted by Gasteiger charge is 2.46. The third kappa shape index (κ3) is 4.65. The first kappa shape index (κ1) is 30.2. The zero-order valence-corrected chi connectivity index (χ0v) is 28.8. The van der Waals surface area contributed by atoms with Crippen LogP contribution in [0.1, 0.15) is 27.8 Å². The minimum Gasteiger partial charge on any atom is -0.456 e. The molecule has 0 fully saturated rings. The molecule has 2 heteroatoms. The molecule has 1 heterocycles. The van der Waals surface area contributed by atoms with E-state index in [2.05, 4.69) is 194 Å². The van der Waals surface area contributed by atoms with Gasteiger partial charge in [0.1, 0.15) is 11.2 Å². The molecule has 2 nitrogen and oxygen atoms in total. The molecular weight excluding hydrogens is 631 g/mol. The van der Waals surface area contributed by atoms with E-state index in [0.29, 0.717) is 0 Å². The van der Waals surface area contributed by atoms with Gasteiger partial charge in [0.2, 0.25) is 0 Å². The third-order valence-electron chi connectivity index (χ3n) is 10.8. The van der Waals surface area contributed by atoms with E-state index in [4.69, 9.17) is 4.42 Å². The maximum atomic E-state index is 6.28. The van der Waals surface area contributed by atoms with Crippen molar-refractivity contribution in [2.45, 2.75) is 12.3 Å². The van der Waals surface area contributed by atoms with Crippen molar-refractivity contribution < 1.29 is 4.42 Å². The monoisotopic (exact) mass is 665 g/mol. The van der Waals surface area contributed by atoms with Crippen molar-refractivity contribution in [1.82, 2.24) is 0 Å². The fourth-order valence-electron chi connectivity index (χ4n) is 8.50. The summed E-state index contributed by atoms with van der Waals surface area (Å²) in [5, 5.41) is 2.22. The Labute approximate surface area is 303 Å². The summed E-state index contributed by atoms with van der Waals surface area (Å²) in [6.07, 6.45) is 0. The average molecular weight is 666 g/mol. The maximum absolute atomic E-state index is 6.28. The van der Waals surface area contributed by atoms with Gasteiger partial charge in [-0.25, -0.2) is 0 Å². The lowest BCUT2D eigenvalue weighted by Gasteiger charge is -2.35. The summed E-state index contributed by atoms with van der Waals surface area (Å²) in [6, 6.07) is 70.5. The van der Waals surface area contributed by atoms with Crippen molar-refractivity contribution >= 4 is 39.0 Å². The molecular formula is C50H35NO. The number of para-hydroxylation sites is 1. The number of benzene rings is 8. The molecule has 0 saturated carbocycles. The number of nitrogens with zero attached hydrogens (tertiary/aromatic N) is 1. The average Bonchev–Trinajstić information content (AvgIpc) is 3.72. The van der Waals surface area contributed by atoms with E-state index in [1.54, 1.807) is 0 Å². The Hall–Kier alpha value is -6.64. The first-order valence-electron chi connectivity index (χ1n) is 17.9. The zero-order valence-electron chi connectivity index (χ0n) is 28.8. The number of fused-ring (bicyclic) bond motifs is 6. The molecule has 246 valence electrons. The van der Waals surface area contributed by atoms with E-state index in [1.807, 2.05) is 12.1 Å². The van der Waals surface area contributed by atoms with Crippen LogP contribution in [-0.2, 0) is 5.41 Å². The molecule has 1 aliphatic carbocycles. The van der Waals surface area contributed by atoms with Crippen LogP contribution in [-0.4, -0.2) is 0 Å². The number of aryl methyl sites for hydroxylation is 1. The highest BCUT2D eigenvalue weighted by atomic mass is 16.3. The van der Waals surface area contributed by atoms with Crippen LogP contribution in [0.15, 0.2) is 199 Å². The summed E-state index contributed by atoms with van der Waals surface area (Å²) in [6.45, 7) is 2.19. The number of furan rings is 1. The highest BCUT2D eigenvalue weighted by molar-refractivity contribution is 6.06. The fraction of sp³-hybridized carbons (Fsp3) is 0.0400. The van der Waals surface area contributed by atoms with E-state index in [1.165, 1.54) is 50.1 Å². The molecule has 0 bridgehead atoms. The van der Waals surface area contributed by atoms with Gasteiger partial charge in [0.15, 0.2) is 0 Å². The summed E-state index contributed by atoms with van der Waals surface area (Å²) in [5.74, 6) is 0. The standard InChI is InChI=1S/C50H35NO/c1-34-13-12-18-38(31-34)50(37-16-6-3-7-17-37)46-21-10-8-19-42(46)43-29-27-41(33-47(43)50)51(39-25-23-36(24-26-39)35-14-4-2-5-15-35)40-28-30-49-45(32-40)44-20-9-11-22-48(44)52-49/h2-33H,1H3. The van der Waals surface area contributed by atoms with Gasteiger partial charge in [-0.1, -0.05) is 151 Å². The summed E-state index contributed by atoms with van der Waals surface area (Å²) in [7, 11) is 0. The van der Waals surface area contributed by atoms with E-state index >= 15 is 0 Å². The van der Waals surface area contributed by atoms with Crippen molar-refractivity contribution in [2.24, 2.45) is 0 Å². The van der Waals surface area contributed by atoms with Gasteiger partial charge < -0.3 is 9.32 Å². The molecule has 1 aromatic heterocycles. The van der Waals surface area contributed by atoms with E-state index in [0.717, 1.165) is 39.0 Å². The van der Waals surface area contributed by atoms with E-state index in [9.17, 15) is 0 Å². The second-order valence-corrected chi connectivity index (χ2v) is 13.8. The maximum Gasteiger partial charge on any atom is 0.135 e. The second-order valence-electron chi connectivity index (χ2n) is 13.8. The smallest absolute Gasteiger partial charge is 0.135 e. The summed E-state index contributed by atoms with van der Waals surface area (Å²) >= 11 is 0. The third-order valence-corrected chi connectivity index (χ3v) is 10.8. The predicted octanol–water partition coefficient (Wildman–Crippen LogP) is 13.4. The zero-order chi connectivity index (χ0) is 34.6. The molecule has 0 saturated heterocycles. The Morgan fingerprint density at radius 3 is 1.85 bits per heavy atom. The van der Waals surface area contributed by atoms with E-state index in [-0.39, 0.29) is 0 Å². The van der Waals surface area contributed by atoms with Gasteiger partial charge in [-0.15, -0.1) is 0 Å². The molecule has 10 rings (SSSR count). The van der Waals surface area contributed by atoms with Crippen LogP contribution >= 0.6 is 0 Å². The van der Waals surface area contributed by atoms with Gasteiger partial charge >= 0.3 is 0 Å². The second kappa shape index (κ2) is 12.0. The molecule has 0 N–H and O–H groups in total. The Bertz CT molecular complexity index is 2740. The summed E-state index contributed by atoms with van der Waals surface area (Å²) in [4.78, 5) is 2.39. The van der Waals surface area contributed by atoms with Crippen LogP contribution in [0.2, 0.25) is 0 Å². The Morgan fingerprint density at radius 2 is 1.02 bits per heavy atom. The van der Waals surface area contributed by atoms with Gasteiger partial charge in [0.25, 0.3) is 0 Å². The van der Waals surface area contributed by atoms with Crippen molar-refractivity contribution in [1.29, 1.82) is 0 Å². The molecule has 1 aliphatic rings. The quantitative estimate of drug-likeness (QED) is 0.176. The molecule has 1 unspecified atom stereocenters. The highest BCUT2D eigenvalue weighted by Crippen LogP contribution is 2.57. The number of hydrogen-bond donors (Lipinski definition) is 0. The molecule has 9 aromatic rings. The lowest BCUT2D eigenvalue weighted by molar-refractivity contribution is 0.669. The van der Waals surface area contributed by atoms with Gasteiger partial charge in [-0.3, -0.25) is 0 Å². The first-order chi connectivity index (χ1) is 25.7. The topological polar surface area (TPSA) is 16.4 Å². The van der Waals surface area contributed by atoms with Crippen molar-refractivity contribution in [3.8, 4) is 22.3 Å². The van der Waals surface area contributed by atoms with Crippen LogP contribution in [0.25, 0.3) is 44.2 Å². The Balaban J connectivity index is 1.23. The molecule has 0 radical (unpaired) electrons. The van der Waals surface area contributed by atoms with Crippen molar-refractivity contribution in [2.75, 3.05) is 4.90 Å². The van der Waals surface area contributed by atoms with E-state index < -0.39 is 5.41 Å². The molecule has 0 aliphatic heterocycles. The molecule has 52 heavy (non-hydrogen) atoms. The van der Waals surface area contributed by atoms with Gasteiger partial charge in [0.05, 0.1) is 5.41 Å². The van der Waals surface area contributed by atoms with Gasteiger partial charge in [-0.05, 0) is 100.0 Å². The lowest BCUT2D eigenvalue weighted by atomic mass is 9.67. The van der Waals surface area contributed by atoms with Crippen molar-refractivity contribution in [3.05, 3.63) is 222 Å². The normalized spacial score (nSPS) is 14.7. The first-order valence-corrected chi connectivity index (χ1v) is 17.9. The van der Waals surface area contributed by atoms with Crippen LogP contribution in [0, 0.1) is 6.92 Å². The number of rotatable bonds is 6.